The first kappa shape index (κ1) is 13.2. The van der Waals surface area contributed by atoms with E-state index < -0.39 is 11.7 Å². The monoisotopic (exact) mass is 281 g/mol. The van der Waals surface area contributed by atoms with Crippen molar-refractivity contribution in [3.05, 3.63) is 41.9 Å². The highest BCUT2D eigenvalue weighted by molar-refractivity contribution is 5.59. The van der Waals surface area contributed by atoms with Gasteiger partial charge in [0.2, 0.25) is 0 Å². The highest BCUT2D eigenvalue weighted by Gasteiger charge is 2.30. The zero-order valence-corrected chi connectivity index (χ0v) is 10.7. The molecule has 0 fully saturated rings. The van der Waals surface area contributed by atoms with Gasteiger partial charge in [-0.25, -0.2) is 4.98 Å². The van der Waals surface area contributed by atoms with Crippen LogP contribution in [-0.4, -0.2) is 9.55 Å². The maximum atomic E-state index is 12.5. The normalized spacial score (nSPS) is 18.9. The molecule has 1 aromatic carbocycles. The summed E-state index contributed by atoms with van der Waals surface area (Å²) >= 11 is 0. The summed E-state index contributed by atoms with van der Waals surface area (Å²) in [7, 11) is 0. The quantitative estimate of drug-likeness (QED) is 0.871. The van der Waals surface area contributed by atoms with Gasteiger partial charge in [-0.3, -0.25) is 0 Å². The minimum Gasteiger partial charge on any atom is -0.318 e. The average molecular weight is 281 g/mol. The van der Waals surface area contributed by atoms with Gasteiger partial charge >= 0.3 is 6.18 Å². The molecule has 0 bridgehead atoms. The number of imidazole rings is 1. The lowest BCUT2D eigenvalue weighted by atomic mass is 10.1. The fraction of sp³-hybridized carbons (Fsp3) is 0.357. The fourth-order valence-corrected chi connectivity index (χ4v) is 2.48. The lowest BCUT2D eigenvalue weighted by Gasteiger charge is -2.20. The molecule has 1 aromatic heterocycles. The predicted molar refractivity (Wildman–Crippen MR) is 68.8 cm³/mol. The van der Waals surface area contributed by atoms with Crippen LogP contribution in [-0.2, 0) is 12.6 Å². The molecule has 0 saturated carbocycles. The second-order valence-electron chi connectivity index (χ2n) is 4.98. The van der Waals surface area contributed by atoms with Gasteiger partial charge in [0.15, 0.2) is 0 Å². The first-order chi connectivity index (χ1) is 9.45. The number of aryl methyl sites for hydroxylation is 1. The second-order valence-corrected chi connectivity index (χ2v) is 4.98. The van der Waals surface area contributed by atoms with Crippen molar-refractivity contribution in [3.63, 3.8) is 0 Å². The zero-order valence-electron chi connectivity index (χ0n) is 10.7. The Hall–Kier alpha value is -1.82. The van der Waals surface area contributed by atoms with Crippen molar-refractivity contribution < 1.29 is 13.2 Å². The molecule has 3 nitrogen and oxygen atoms in total. The Morgan fingerprint density at radius 3 is 2.50 bits per heavy atom. The molecule has 1 unspecified atom stereocenters. The summed E-state index contributed by atoms with van der Waals surface area (Å²) < 4.78 is 39.5. The minimum atomic E-state index is -4.31. The Morgan fingerprint density at radius 2 is 1.90 bits per heavy atom. The molecule has 106 valence electrons. The summed E-state index contributed by atoms with van der Waals surface area (Å²) in [5, 5.41) is 0. The van der Waals surface area contributed by atoms with Gasteiger partial charge in [-0.15, -0.1) is 0 Å². The number of alkyl halides is 3. The maximum Gasteiger partial charge on any atom is 0.416 e. The molecule has 6 heteroatoms. The van der Waals surface area contributed by atoms with E-state index in [2.05, 4.69) is 4.98 Å². The van der Waals surface area contributed by atoms with E-state index >= 15 is 0 Å². The largest absolute Gasteiger partial charge is 0.416 e. The topological polar surface area (TPSA) is 43.8 Å². The lowest BCUT2D eigenvalue weighted by molar-refractivity contribution is -0.137. The van der Waals surface area contributed by atoms with Crippen LogP contribution in [0.2, 0.25) is 0 Å². The van der Waals surface area contributed by atoms with Crippen LogP contribution < -0.4 is 5.73 Å². The SMILES string of the molecule is NC1CCCc2nc(-c3ccc(C(F)(F)F)cc3)cn21. The van der Waals surface area contributed by atoms with Gasteiger partial charge < -0.3 is 10.3 Å². The van der Waals surface area contributed by atoms with Crippen molar-refractivity contribution in [2.24, 2.45) is 5.73 Å². The van der Waals surface area contributed by atoms with Crippen molar-refractivity contribution in [1.29, 1.82) is 0 Å². The lowest BCUT2D eigenvalue weighted by Crippen LogP contribution is -2.24. The number of halogens is 3. The summed E-state index contributed by atoms with van der Waals surface area (Å²) in [4.78, 5) is 4.46. The maximum absolute atomic E-state index is 12.5. The van der Waals surface area contributed by atoms with Crippen LogP contribution >= 0.6 is 0 Å². The molecule has 0 spiro atoms. The van der Waals surface area contributed by atoms with Crippen molar-refractivity contribution in [2.75, 3.05) is 0 Å². The van der Waals surface area contributed by atoms with E-state index in [0.29, 0.717) is 11.3 Å². The number of fused-ring (bicyclic) bond motifs is 1. The van der Waals surface area contributed by atoms with E-state index in [4.69, 9.17) is 5.73 Å². The van der Waals surface area contributed by atoms with Gasteiger partial charge in [-0.2, -0.15) is 13.2 Å². The van der Waals surface area contributed by atoms with Gasteiger partial charge in [0.25, 0.3) is 0 Å². The molecular formula is C14H14F3N3. The number of rotatable bonds is 1. The van der Waals surface area contributed by atoms with Crippen LogP contribution in [0.25, 0.3) is 11.3 Å². The van der Waals surface area contributed by atoms with E-state index in [1.807, 2.05) is 10.8 Å². The molecule has 1 atom stereocenters. The summed E-state index contributed by atoms with van der Waals surface area (Å²) in [6.07, 6.45) is 0.166. The summed E-state index contributed by atoms with van der Waals surface area (Å²) in [6.45, 7) is 0. The van der Waals surface area contributed by atoms with Crippen LogP contribution in [0, 0.1) is 0 Å². The number of hydrogen-bond acceptors (Lipinski definition) is 2. The standard InChI is InChI=1S/C14H14F3N3/c15-14(16,17)10-6-4-9(5-7-10)11-8-20-12(18)2-1-3-13(20)19-11/h4-8,12H,1-3,18H2. The highest BCUT2D eigenvalue weighted by Crippen LogP contribution is 2.31. The van der Waals surface area contributed by atoms with E-state index in [1.54, 1.807) is 0 Å². The van der Waals surface area contributed by atoms with Gasteiger partial charge in [-0.1, -0.05) is 12.1 Å². The smallest absolute Gasteiger partial charge is 0.318 e. The van der Waals surface area contributed by atoms with Gasteiger partial charge in [0.1, 0.15) is 5.82 Å². The third-order valence-electron chi connectivity index (χ3n) is 3.57. The predicted octanol–water partition coefficient (Wildman–Crippen LogP) is 3.36. The molecule has 2 heterocycles. The third kappa shape index (κ3) is 2.31. The summed E-state index contributed by atoms with van der Waals surface area (Å²) in [6, 6.07) is 5.05. The third-order valence-corrected chi connectivity index (χ3v) is 3.57. The number of nitrogens with zero attached hydrogens (tertiary/aromatic N) is 2. The highest BCUT2D eigenvalue weighted by atomic mass is 19.4. The minimum absolute atomic E-state index is 0.0885. The van der Waals surface area contributed by atoms with Gasteiger partial charge in [0, 0.05) is 18.2 Å². The molecule has 2 N–H and O–H groups in total. The first-order valence-electron chi connectivity index (χ1n) is 6.46. The molecule has 0 radical (unpaired) electrons. The number of nitrogens with two attached hydrogens (primary N) is 1. The van der Waals surface area contributed by atoms with E-state index in [-0.39, 0.29) is 6.17 Å². The number of hydrogen-bond donors (Lipinski definition) is 1. The van der Waals surface area contributed by atoms with E-state index in [1.165, 1.54) is 12.1 Å². The van der Waals surface area contributed by atoms with Crippen LogP contribution in [0.1, 0.15) is 30.4 Å². The van der Waals surface area contributed by atoms with E-state index in [9.17, 15) is 13.2 Å². The summed E-state index contributed by atoms with van der Waals surface area (Å²) in [5.41, 5.74) is 6.69. The average Bonchev–Trinajstić information content (AvgIpc) is 2.83. The van der Waals surface area contributed by atoms with Crippen molar-refractivity contribution in [1.82, 2.24) is 9.55 Å². The van der Waals surface area contributed by atoms with Crippen molar-refractivity contribution >= 4 is 0 Å². The molecule has 20 heavy (non-hydrogen) atoms. The first-order valence-corrected chi connectivity index (χ1v) is 6.46. The molecule has 2 aromatic rings. The zero-order chi connectivity index (χ0) is 14.3. The Labute approximate surface area is 114 Å². The Bertz CT molecular complexity index is 614. The molecule has 3 rings (SSSR count). The molecule has 1 aliphatic rings. The van der Waals surface area contributed by atoms with Crippen LogP contribution in [0.15, 0.2) is 30.5 Å². The summed E-state index contributed by atoms with van der Waals surface area (Å²) in [5.74, 6) is 0.902. The molecule has 0 saturated heterocycles. The van der Waals surface area contributed by atoms with Gasteiger partial charge in [-0.05, 0) is 25.0 Å². The molecular weight excluding hydrogens is 267 g/mol. The Morgan fingerprint density at radius 1 is 1.20 bits per heavy atom. The Kier molecular flexibility index (Phi) is 3.05. The number of aromatic nitrogens is 2. The van der Waals surface area contributed by atoms with E-state index in [0.717, 1.165) is 37.2 Å². The van der Waals surface area contributed by atoms with Crippen molar-refractivity contribution in [3.8, 4) is 11.3 Å². The second kappa shape index (κ2) is 4.63. The van der Waals surface area contributed by atoms with Crippen LogP contribution in [0.5, 0.6) is 0 Å². The molecule has 1 aliphatic heterocycles. The molecule has 0 aliphatic carbocycles. The van der Waals surface area contributed by atoms with Crippen LogP contribution in [0.3, 0.4) is 0 Å². The van der Waals surface area contributed by atoms with Crippen LogP contribution in [0.4, 0.5) is 13.2 Å². The van der Waals surface area contributed by atoms with Crippen molar-refractivity contribution in [2.45, 2.75) is 31.6 Å². The molecule has 0 amide bonds. The Balaban J connectivity index is 1.94. The fourth-order valence-electron chi connectivity index (χ4n) is 2.48. The van der Waals surface area contributed by atoms with Gasteiger partial charge in [0.05, 0.1) is 17.4 Å². The number of benzene rings is 1.